The van der Waals surface area contributed by atoms with Crippen LogP contribution < -0.4 is 5.32 Å². The smallest absolute Gasteiger partial charge is 0.385 e. The summed E-state index contributed by atoms with van der Waals surface area (Å²) in [4.78, 5) is 0. The van der Waals surface area contributed by atoms with Gasteiger partial charge in [-0.05, 0) is 37.6 Å². The number of halogens is 3. The standard InChI is InChI=1S/C12H16F3NO/c1-9(7-8-17-2)16-11-5-3-10(4-6-11)12(13,14)15/h3-6,9,16H,7-8H2,1-2H3. The van der Waals surface area contributed by atoms with Gasteiger partial charge in [-0.3, -0.25) is 0 Å². The first-order valence-electron chi connectivity index (χ1n) is 5.36. The highest BCUT2D eigenvalue weighted by atomic mass is 19.4. The van der Waals surface area contributed by atoms with Crippen LogP contribution in [0.5, 0.6) is 0 Å². The zero-order valence-electron chi connectivity index (χ0n) is 9.84. The van der Waals surface area contributed by atoms with E-state index in [2.05, 4.69) is 5.32 Å². The predicted octanol–water partition coefficient (Wildman–Crippen LogP) is 3.54. The first-order valence-corrected chi connectivity index (χ1v) is 5.36. The maximum Gasteiger partial charge on any atom is 0.416 e. The minimum absolute atomic E-state index is 0.159. The van der Waals surface area contributed by atoms with Crippen LogP contribution in [-0.4, -0.2) is 19.8 Å². The van der Waals surface area contributed by atoms with E-state index in [1.165, 1.54) is 12.1 Å². The van der Waals surface area contributed by atoms with Crippen molar-refractivity contribution in [2.45, 2.75) is 25.6 Å². The largest absolute Gasteiger partial charge is 0.416 e. The van der Waals surface area contributed by atoms with Gasteiger partial charge in [0.1, 0.15) is 0 Å². The molecule has 0 aliphatic carbocycles. The van der Waals surface area contributed by atoms with E-state index in [1.807, 2.05) is 6.92 Å². The average molecular weight is 247 g/mol. The Hall–Kier alpha value is -1.23. The van der Waals surface area contributed by atoms with E-state index >= 15 is 0 Å². The van der Waals surface area contributed by atoms with Gasteiger partial charge < -0.3 is 10.1 Å². The highest BCUT2D eigenvalue weighted by molar-refractivity contribution is 5.45. The van der Waals surface area contributed by atoms with E-state index in [0.29, 0.717) is 12.3 Å². The molecule has 0 saturated carbocycles. The Balaban J connectivity index is 2.56. The van der Waals surface area contributed by atoms with Gasteiger partial charge in [0.2, 0.25) is 0 Å². The molecule has 2 nitrogen and oxygen atoms in total. The molecule has 1 atom stereocenters. The molecule has 1 unspecified atom stereocenters. The Morgan fingerprint density at radius 3 is 2.29 bits per heavy atom. The zero-order valence-corrected chi connectivity index (χ0v) is 9.84. The fourth-order valence-corrected chi connectivity index (χ4v) is 1.41. The van der Waals surface area contributed by atoms with Crippen LogP contribution in [0.2, 0.25) is 0 Å². The van der Waals surface area contributed by atoms with Crippen LogP contribution in [0.3, 0.4) is 0 Å². The second-order valence-electron chi connectivity index (χ2n) is 3.90. The maximum absolute atomic E-state index is 12.3. The van der Waals surface area contributed by atoms with Crippen LogP contribution in [0.4, 0.5) is 18.9 Å². The number of anilines is 1. The van der Waals surface area contributed by atoms with Crippen molar-refractivity contribution in [3.05, 3.63) is 29.8 Å². The molecule has 0 spiro atoms. The van der Waals surface area contributed by atoms with Gasteiger partial charge in [0.25, 0.3) is 0 Å². The third-order valence-electron chi connectivity index (χ3n) is 2.38. The van der Waals surface area contributed by atoms with E-state index in [0.717, 1.165) is 18.6 Å². The fraction of sp³-hybridized carbons (Fsp3) is 0.500. The summed E-state index contributed by atoms with van der Waals surface area (Å²) < 4.78 is 41.9. The van der Waals surface area contributed by atoms with Crippen molar-refractivity contribution in [2.75, 3.05) is 19.0 Å². The molecular formula is C12H16F3NO. The summed E-state index contributed by atoms with van der Waals surface area (Å²) in [6.07, 6.45) is -3.47. The van der Waals surface area contributed by atoms with Crippen molar-refractivity contribution in [2.24, 2.45) is 0 Å². The van der Waals surface area contributed by atoms with Crippen molar-refractivity contribution in [3.63, 3.8) is 0 Å². The fourth-order valence-electron chi connectivity index (χ4n) is 1.41. The molecule has 5 heteroatoms. The molecule has 0 bridgehead atoms. The Labute approximate surface area is 98.8 Å². The van der Waals surface area contributed by atoms with E-state index < -0.39 is 11.7 Å². The summed E-state index contributed by atoms with van der Waals surface area (Å²) in [6, 6.07) is 5.18. The zero-order chi connectivity index (χ0) is 12.9. The molecule has 0 aliphatic rings. The molecule has 1 rings (SSSR count). The van der Waals surface area contributed by atoms with Crippen LogP contribution in [0.25, 0.3) is 0 Å². The Morgan fingerprint density at radius 1 is 1.24 bits per heavy atom. The van der Waals surface area contributed by atoms with Gasteiger partial charge in [0.15, 0.2) is 0 Å². The second-order valence-corrected chi connectivity index (χ2v) is 3.90. The van der Waals surface area contributed by atoms with Gasteiger partial charge >= 0.3 is 6.18 Å². The monoisotopic (exact) mass is 247 g/mol. The SMILES string of the molecule is COCCC(C)Nc1ccc(C(F)(F)F)cc1. The summed E-state index contributed by atoms with van der Waals surface area (Å²) >= 11 is 0. The minimum Gasteiger partial charge on any atom is -0.385 e. The van der Waals surface area contributed by atoms with Crippen molar-refractivity contribution in [1.82, 2.24) is 0 Å². The number of nitrogens with one attached hydrogen (secondary N) is 1. The maximum atomic E-state index is 12.3. The Bertz CT molecular complexity index is 335. The lowest BCUT2D eigenvalue weighted by molar-refractivity contribution is -0.137. The summed E-state index contributed by atoms with van der Waals surface area (Å²) in [5.41, 5.74) is 0.0502. The molecular weight excluding hydrogens is 231 g/mol. The van der Waals surface area contributed by atoms with E-state index in [-0.39, 0.29) is 6.04 Å². The van der Waals surface area contributed by atoms with Crippen molar-refractivity contribution in [1.29, 1.82) is 0 Å². The molecule has 0 radical (unpaired) electrons. The molecule has 17 heavy (non-hydrogen) atoms. The van der Waals surface area contributed by atoms with Crippen molar-refractivity contribution in [3.8, 4) is 0 Å². The number of hydrogen-bond acceptors (Lipinski definition) is 2. The Kier molecular flexibility index (Phi) is 4.81. The summed E-state index contributed by atoms with van der Waals surface area (Å²) in [7, 11) is 1.62. The van der Waals surface area contributed by atoms with Gasteiger partial charge in [-0.25, -0.2) is 0 Å². The molecule has 0 aliphatic heterocycles. The highest BCUT2D eigenvalue weighted by Crippen LogP contribution is 2.29. The average Bonchev–Trinajstić information content (AvgIpc) is 2.26. The topological polar surface area (TPSA) is 21.3 Å². The molecule has 1 aromatic rings. The highest BCUT2D eigenvalue weighted by Gasteiger charge is 2.29. The molecule has 0 saturated heterocycles. The van der Waals surface area contributed by atoms with Gasteiger partial charge in [0, 0.05) is 25.4 Å². The van der Waals surface area contributed by atoms with Gasteiger partial charge in [-0.15, -0.1) is 0 Å². The van der Waals surface area contributed by atoms with Crippen LogP contribution in [0.1, 0.15) is 18.9 Å². The van der Waals surface area contributed by atoms with Gasteiger partial charge in [-0.2, -0.15) is 13.2 Å². The summed E-state index contributed by atoms with van der Waals surface area (Å²) in [5.74, 6) is 0. The second kappa shape index (κ2) is 5.91. The van der Waals surface area contributed by atoms with Crippen LogP contribution in [0.15, 0.2) is 24.3 Å². The number of methoxy groups -OCH3 is 1. The molecule has 1 N–H and O–H groups in total. The number of ether oxygens (including phenoxy) is 1. The first kappa shape index (κ1) is 13.8. The third kappa shape index (κ3) is 4.65. The van der Waals surface area contributed by atoms with Crippen LogP contribution in [0, 0.1) is 0 Å². The van der Waals surface area contributed by atoms with Gasteiger partial charge in [0.05, 0.1) is 5.56 Å². The number of hydrogen-bond donors (Lipinski definition) is 1. The Morgan fingerprint density at radius 2 is 1.82 bits per heavy atom. The van der Waals surface area contributed by atoms with E-state index in [9.17, 15) is 13.2 Å². The summed E-state index contributed by atoms with van der Waals surface area (Å²) in [5, 5.41) is 3.11. The predicted molar refractivity (Wildman–Crippen MR) is 61.0 cm³/mol. The molecule has 0 heterocycles. The normalized spacial score (nSPS) is 13.5. The van der Waals surface area contributed by atoms with Crippen molar-refractivity contribution >= 4 is 5.69 Å². The van der Waals surface area contributed by atoms with Gasteiger partial charge in [-0.1, -0.05) is 0 Å². The van der Waals surface area contributed by atoms with Crippen LogP contribution in [-0.2, 0) is 10.9 Å². The molecule has 1 aromatic carbocycles. The molecule has 0 fully saturated rings. The quantitative estimate of drug-likeness (QED) is 0.859. The third-order valence-corrected chi connectivity index (χ3v) is 2.38. The minimum atomic E-state index is -4.28. The van der Waals surface area contributed by atoms with Crippen molar-refractivity contribution < 1.29 is 17.9 Å². The van der Waals surface area contributed by atoms with E-state index in [1.54, 1.807) is 7.11 Å². The van der Waals surface area contributed by atoms with E-state index in [4.69, 9.17) is 4.74 Å². The first-order chi connectivity index (χ1) is 7.93. The lowest BCUT2D eigenvalue weighted by atomic mass is 10.1. The molecule has 96 valence electrons. The van der Waals surface area contributed by atoms with Crippen LogP contribution >= 0.6 is 0 Å². The number of rotatable bonds is 5. The number of alkyl halides is 3. The summed E-state index contributed by atoms with van der Waals surface area (Å²) in [6.45, 7) is 2.57. The lowest BCUT2D eigenvalue weighted by Gasteiger charge is -2.15. The number of benzene rings is 1. The molecule has 0 aromatic heterocycles. The molecule has 0 amide bonds. The lowest BCUT2D eigenvalue weighted by Crippen LogP contribution is -2.17.